The predicted octanol–water partition coefficient (Wildman–Crippen LogP) is 19.2. The molecule has 0 N–H and O–H groups in total. The molecule has 0 aromatic rings. The van der Waals surface area contributed by atoms with Gasteiger partial charge in [0.2, 0.25) is 0 Å². The fourth-order valence-electron chi connectivity index (χ4n) is 8.35. The molecular formula is C61H108O6. The fourth-order valence-corrected chi connectivity index (χ4v) is 8.35. The summed E-state index contributed by atoms with van der Waals surface area (Å²) >= 11 is 0. The molecular weight excluding hydrogens is 829 g/mol. The van der Waals surface area contributed by atoms with E-state index in [0.717, 1.165) is 70.6 Å². The molecule has 0 aromatic carbocycles. The maximum atomic E-state index is 12.8. The SMILES string of the molecule is CC\C=C/C=C\C=C/C=C\C=C/CCCCCC(=O)OC(COC(=O)CCCCCCCCCCCCCCCCC)COC(=O)CCCCCCCCCCCCCCCCCCCCC. The van der Waals surface area contributed by atoms with Crippen molar-refractivity contribution < 1.29 is 28.6 Å². The van der Waals surface area contributed by atoms with Crippen LogP contribution in [0.15, 0.2) is 60.8 Å². The molecule has 1 unspecified atom stereocenters. The van der Waals surface area contributed by atoms with Crippen molar-refractivity contribution in [2.75, 3.05) is 13.2 Å². The fraction of sp³-hybridized carbons (Fsp3) is 0.787. The Kier molecular flexibility index (Phi) is 53.3. The second-order valence-electron chi connectivity index (χ2n) is 19.3. The van der Waals surface area contributed by atoms with Gasteiger partial charge in [-0.05, 0) is 38.5 Å². The molecule has 0 rings (SSSR count). The van der Waals surface area contributed by atoms with Crippen LogP contribution in [0.4, 0.5) is 0 Å². The Morgan fingerprint density at radius 2 is 0.582 bits per heavy atom. The summed E-state index contributed by atoms with van der Waals surface area (Å²) in [5.41, 5.74) is 0. The highest BCUT2D eigenvalue weighted by atomic mass is 16.6. The van der Waals surface area contributed by atoms with Gasteiger partial charge in [0.1, 0.15) is 13.2 Å². The van der Waals surface area contributed by atoms with Gasteiger partial charge in [-0.25, -0.2) is 0 Å². The lowest BCUT2D eigenvalue weighted by molar-refractivity contribution is -0.167. The lowest BCUT2D eigenvalue weighted by atomic mass is 10.0. The van der Waals surface area contributed by atoms with Crippen molar-refractivity contribution in [1.82, 2.24) is 0 Å². The molecule has 0 radical (unpaired) electrons. The average molecular weight is 938 g/mol. The van der Waals surface area contributed by atoms with E-state index in [-0.39, 0.29) is 37.5 Å². The summed E-state index contributed by atoms with van der Waals surface area (Å²) in [5.74, 6) is -0.915. The van der Waals surface area contributed by atoms with E-state index in [0.29, 0.717) is 12.8 Å². The number of carbonyl (C=O) groups is 3. The number of ether oxygens (including phenoxy) is 3. The van der Waals surface area contributed by atoms with Crippen molar-refractivity contribution in [2.24, 2.45) is 0 Å². The molecule has 0 aliphatic carbocycles. The molecule has 1 atom stereocenters. The monoisotopic (exact) mass is 937 g/mol. The summed E-state index contributed by atoms with van der Waals surface area (Å²) in [4.78, 5) is 38.1. The average Bonchev–Trinajstić information content (AvgIpc) is 3.33. The first-order valence-corrected chi connectivity index (χ1v) is 28.9. The number of unbranched alkanes of at least 4 members (excludes halogenated alkanes) is 35. The standard InChI is InChI=1S/C61H108O6/c1-4-7-10-13-16-19-22-25-28-29-30-31-34-36-39-42-45-48-51-54-60(63)66-57-58(67-61(64)55-52-49-46-43-40-37-33-27-24-21-18-15-12-9-6-3)56-65-59(62)53-50-47-44-41-38-35-32-26-23-20-17-14-11-8-5-2/h9,12,15,18,21,24,27,33,37,40,58H,4-8,10-11,13-14,16-17,19-20,22-23,25-26,28-32,34-36,38-39,41-57H2,1-3H3/b12-9-,18-15-,24-21-,33-27-,40-37-. The topological polar surface area (TPSA) is 78.9 Å². The zero-order valence-corrected chi connectivity index (χ0v) is 44.4. The summed E-state index contributed by atoms with van der Waals surface area (Å²) in [6.07, 6.45) is 69.3. The van der Waals surface area contributed by atoms with Crippen LogP contribution in [-0.2, 0) is 28.6 Å². The molecule has 0 aliphatic heterocycles. The van der Waals surface area contributed by atoms with E-state index < -0.39 is 6.10 Å². The first kappa shape index (κ1) is 64.1. The maximum Gasteiger partial charge on any atom is 0.306 e. The molecule has 0 fully saturated rings. The van der Waals surface area contributed by atoms with Crippen LogP contribution in [0, 0.1) is 0 Å². The number of carbonyl (C=O) groups excluding carboxylic acids is 3. The van der Waals surface area contributed by atoms with Crippen LogP contribution in [0.2, 0.25) is 0 Å². The molecule has 388 valence electrons. The summed E-state index contributed by atoms with van der Waals surface area (Å²) in [7, 11) is 0. The quantitative estimate of drug-likeness (QED) is 0.0262. The van der Waals surface area contributed by atoms with Crippen LogP contribution in [0.25, 0.3) is 0 Å². The molecule has 0 saturated heterocycles. The molecule has 0 amide bonds. The zero-order chi connectivity index (χ0) is 48.6. The van der Waals surface area contributed by atoms with Gasteiger partial charge in [0.05, 0.1) is 0 Å². The smallest absolute Gasteiger partial charge is 0.306 e. The second-order valence-corrected chi connectivity index (χ2v) is 19.3. The molecule has 0 bridgehead atoms. The van der Waals surface area contributed by atoms with E-state index in [4.69, 9.17) is 14.2 Å². The Bertz CT molecular complexity index is 1210. The predicted molar refractivity (Wildman–Crippen MR) is 288 cm³/mol. The minimum absolute atomic E-state index is 0.0877. The molecule has 0 saturated carbocycles. The molecule has 6 nitrogen and oxygen atoms in total. The van der Waals surface area contributed by atoms with Gasteiger partial charge in [-0.15, -0.1) is 0 Å². The summed E-state index contributed by atoms with van der Waals surface area (Å²) in [6, 6.07) is 0. The number of esters is 3. The van der Waals surface area contributed by atoms with Gasteiger partial charge >= 0.3 is 17.9 Å². The third kappa shape index (κ3) is 53.9. The van der Waals surface area contributed by atoms with Crippen LogP contribution in [0.5, 0.6) is 0 Å². The first-order chi connectivity index (χ1) is 33.0. The number of allylic oxidation sites excluding steroid dienone is 10. The highest BCUT2D eigenvalue weighted by Crippen LogP contribution is 2.17. The summed E-state index contributed by atoms with van der Waals surface area (Å²) in [6.45, 7) is 6.50. The number of hydrogen-bond acceptors (Lipinski definition) is 6. The van der Waals surface area contributed by atoms with E-state index in [2.05, 4.69) is 39.0 Å². The Balaban J connectivity index is 4.38. The van der Waals surface area contributed by atoms with Crippen molar-refractivity contribution in [1.29, 1.82) is 0 Å². The van der Waals surface area contributed by atoms with Gasteiger partial charge in [0, 0.05) is 19.3 Å². The highest BCUT2D eigenvalue weighted by Gasteiger charge is 2.19. The van der Waals surface area contributed by atoms with E-state index in [9.17, 15) is 14.4 Å². The van der Waals surface area contributed by atoms with Crippen LogP contribution in [0.3, 0.4) is 0 Å². The normalized spacial score (nSPS) is 12.5. The van der Waals surface area contributed by atoms with E-state index >= 15 is 0 Å². The van der Waals surface area contributed by atoms with Crippen LogP contribution < -0.4 is 0 Å². The van der Waals surface area contributed by atoms with E-state index in [1.165, 1.54) is 180 Å². The Morgan fingerprint density at radius 1 is 0.313 bits per heavy atom. The third-order valence-corrected chi connectivity index (χ3v) is 12.7. The van der Waals surface area contributed by atoms with E-state index in [1.807, 2.05) is 42.5 Å². The van der Waals surface area contributed by atoms with Crippen molar-refractivity contribution in [3.8, 4) is 0 Å². The third-order valence-electron chi connectivity index (χ3n) is 12.7. The van der Waals surface area contributed by atoms with Gasteiger partial charge in [-0.1, -0.05) is 293 Å². The zero-order valence-electron chi connectivity index (χ0n) is 44.4. The molecule has 0 aromatic heterocycles. The Hall–Kier alpha value is -2.89. The number of hydrogen-bond donors (Lipinski definition) is 0. The van der Waals surface area contributed by atoms with Gasteiger partial charge in [0.25, 0.3) is 0 Å². The Labute approximate surface area is 415 Å². The van der Waals surface area contributed by atoms with Crippen molar-refractivity contribution in [3.63, 3.8) is 0 Å². The molecule has 0 heterocycles. The van der Waals surface area contributed by atoms with Crippen LogP contribution >= 0.6 is 0 Å². The van der Waals surface area contributed by atoms with Crippen molar-refractivity contribution >= 4 is 17.9 Å². The highest BCUT2D eigenvalue weighted by molar-refractivity contribution is 5.71. The lowest BCUT2D eigenvalue weighted by Crippen LogP contribution is -2.30. The van der Waals surface area contributed by atoms with Crippen molar-refractivity contribution in [3.05, 3.63) is 60.8 Å². The van der Waals surface area contributed by atoms with Crippen molar-refractivity contribution in [2.45, 2.75) is 297 Å². The summed E-state index contributed by atoms with van der Waals surface area (Å²) in [5, 5.41) is 0. The minimum Gasteiger partial charge on any atom is -0.462 e. The first-order valence-electron chi connectivity index (χ1n) is 28.9. The summed E-state index contributed by atoms with van der Waals surface area (Å²) < 4.78 is 16.8. The maximum absolute atomic E-state index is 12.8. The van der Waals surface area contributed by atoms with Gasteiger partial charge in [-0.2, -0.15) is 0 Å². The van der Waals surface area contributed by atoms with Gasteiger partial charge < -0.3 is 14.2 Å². The second kappa shape index (κ2) is 55.7. The van der Waals surface area contributed by atoms with Gasteiger partial charge in [-0.3, -0.25) is 14.4 Å². The molecule has 0 spiro atoms. The van der Waals surface area contributed by atoms with E-state index in [1.54, 1.807) is 0 Å². The van der Waals surface area contributed by atoms with Gasteiger partial charge in [0.15, 0.2) is 6.10 Å². The van der Waals surface area contributed by atoms with Crippen LogP contribution in [0.1, 0.15) is 290 Å². The minimum atomic E-state index is -0.793. The lowest BCUT2D eigenvalue weighted by Gasteiger charge is -2.18. The largest absolute Gasteiger partial charge is 0.462 e. The molecule has 6 heteroatoms. The molecule has 0 aliphatic rings. The van der Waals surface area contributed by atoms with Crippen LogP contribution in [-0.4, -0.2) is 37.2 Å². The number of rotatable bonds is 52. The molecule has 67 heavy (non-hydrogen) atoms. The Morgan fingerprint density at radius 3 is 0.910 bits per heavy atom.